The molecule has 0 unspecified atom stereocenters. The van der Waals surface area contributed by atoms with Gasteiger partial charge in [-0.1, -0.05) is 6.92 Å². The van der Waals surface area contributed by atoms with Gasteiger partial charge in [0.1, 0.15) is 0 Å². The van der Waals surface area contributed by atoms with Gasteiger partial charge >= 0.3 is 0 Å². The van der Waals surface area contributed by atoms with Crippen molar-refractivity contribution in [1.29, 1.82) is 0 Å². The number of hydrogen-bond acceptors (Lipinski definition) is 1. The first-order valence-electron chi connectivity index (χ1n) is 2.90. The molecule has 1 heteroatoms. The van der Waals surface area contributed by atoms with E-state index in [0.29, 0.717) is 5.92 Å². The summed E-state index contributed by atoms with van der Waals surface area (Å²) in [5.74, 6) is 1.42. The Bertz CT molecular complexity index is 68.6. The van der Waals surface area contributed by atoms with Crippen molar-refractivity contribution in [2.24, 2.45) is 11.8 Å². The van der Waals surface area contributed by atoms with Gasteiger partial charge in [0, 0.05) is 0 Å². The van der Waals surface area contributed by atoms with Gasteiger partial charge in [0.25, 0.3) is 0 Å². The van der Waals surface area contributed by atoms with E-state index in [0.717, 1.165) is 5.92 Å². The Balaban J connectivity index is 2.20. The lowest BCUT2D eigenvalue weighted by molar-refractivity contribution is 0.165. The van der Waals surface area contributed by atoms with Gasteiger partial charge in [-0.05, 0) is 25.2 Å². The van der Waals surface area contributed by atoms with E-state index in [4.69, 9.17) is 5.11 Å². The Morgan fingerprint density at radius 2 is 2.14 bits per heavy atom. The second-order valence-electron chi connectivity index (χ2n) is 2.62. The van der Waals surface area contributed by atoms with E-state index in [9.17, 15) is 0 Å². The first-order chi connectivity index (χ1) is 3.22. The maximum absolute atomic E-state index is 8.86. The fraction of sp³-hybridized carbons (Fsp3) is 1.00. The molecule has 0 radical (unpaired) electrons. The molecule has 1 aliphatic rings. The van der Waals surface area contributed by atoms with Crippen LogP contribution in [0.1, 0.15) is 20.3 Å². The average Bonchev–Trinajstić information content (AvgIpc) is 2.17. The molecule has 0 aromatic carbocycles. The number of rotatable bonds is 1. The highest BCUT2D eigenvalue weighted by Crippen LogP contribution is 2.40. The maximum Gasteiger partial charge on any atom is 0.0542 e. The largest absolute Gasteiger partial charge is 0.393 e. The van der Waals surface area contributed by atoms with Gasteiger partial charge in [-0.25, -0.2) is 0 Å². The van der Waals surface area contributed by atoms with Crippen molar-refractivity contribution in [3.63, 3.8) is 0 Å². The predicted molar refractivity (Wildman–Crippen MR) is 29.0 cm³/mol. The standard InChI is InChI=1S/C6H12O/c1-4-3-6(4)5(2)7/h4-7H,3H2,1-2H3/t4-,5+,6+/m0/s1. The quantitative estimate of drug-likeness (QED) is 0.521. The van der Waals surface area contributed by atoms with E-state index >= 15 is 0 Å². The van der Waals surface area contributed by atoms with Gasteiger partial charge < -0.3 is 5.11 Å². The van der Waals surface area contributed by atoms with E-state index in [1.807, 2.05) is 6.92 Å². The fourth-order valence-electron chi connectivity index (χ4n) is 1.02. The Kier molecular flexibility index (Phi) is 1.08. The minimum Gasteiger partial charge on any atom is -0.393 e. The highest BCUT2D eigenvalue weighted by molar-refractivity contribution is 4.85. The monoisotopic (exact) mass is 100 g/mol. The van der Waals surface area contributed by atoms with Crippen LogP contribution in [0.5, 0.6) is 0 Å². The van der Waals surface area contributed by atoms with E-state index < -0.39 is 0 Å². The van der Waals surface area contributed by atoms with Gasteiger partial charge in [0.05, 0.1) is 6.10 Å². The van der Waals surface area contributed by atoms with Gasteiger partial charge in [-0.3, -0.25) is 0 Å². The molecular weight excluding hydrogens is 88.1 g/mol. The minimum absolute atomic E-state index is 0.0602. The molecule has 0 saturated heterocycles. The van der Waals surface area contributed by atoms with Crippen molar-refractivity contribution in [1.82, 2.24) is 0 Å². The number of aliphatic hydroxyl groups excluding tert-OH is 1. The Morgan fingerprint density at radius 1 is 1.71 bits per heavy atom. The molecule has 7 heavy (non-hydrogen) atoms. The van der Waals surface area contributed by atoms with Crippen LogP contribution >= 0.6 is 0 Å². The normalized spacial score (nSPS) is 43.3. The second kappa shape index (κ2) is 1.48. The number of hydrogen-bond donors (Lipinski definition) is 1. The Labute approximate surface area is 44.4 Å². The highest BCUT2D eigenvalue weighted by Gasteiger charge is 2.35. The van der Waals surface area contributed by atoms with Crippen LogP contribution < -0.4 is 0 Å². The van der Waals surface area contributed by atoms with Crippen molar-refractivity contribution in [2.75, 3.05) is 0 Å². The van der Waals surface area contributed by atoms with Gasteiger partial charge in [-0.2, -0.15) is 0 Å². The van der Waals surface area contributed by atoms with Crippen LogP contribution in [0.15, 0.2) is 0 Å². The van der Waals surface area contributed by atoms with E-state index in [1.165, 1.54) is 6.42 Å². The third-order valence-electron chi connectivity index (χ3n) is 1.79. The SMILES string of the molecule is C[C@@H](O)[C@@H]1C[C@@H]1C. The van der Waals surface area contributed by atoms with Crippen molar-refractivity contribution in [2.45, 2.75) is 26.4 Å². The molecule has 1 rings (SSSR count). The van der Waals surface area contributed by atoms with E-state index in [1.54, 1.807) is 0 Å². The lowest BCUT2D eigenvalue weighted by Crippen LogP contribution is -2.02. The molecule has 0 amide bonds. The van der Waals surface area contributed by atoms with Gasteiger partial charge in [0.15, 0.2) is 0 Å². The second-order valence-corrected chi connectivity index (χ2v) is 2.62. The first-order valence-corrected chi connectivity index (χ1v) is 2.90. The molecule has 0 aliphatic heterocycles. The zero-order valence-corrected chi connectivity index (χ0v) is 4.89. The van der Waals surface area contributed by atoms with Crippen LogP contribution in [-0.2, 0) is 0 Å². The lowest BCUT2D eigenvalue weighted by atomic mass is 10.2. The number of aliphatic hydroxyl groups is 1. The summed E-state index contributed by atoms with van der Waals surface area (Å²) in [7, 11) is 0. The summed E-state index contributed by atoms with van der Waals surface area (Å²) >= 11 is 0. The molecule has 0 aromatic heterocycles. The smallest absolute Gasteiger partial charge is 0.0542 e. The molecule has 1 nitrogen and oxygen atoms in total. The van der Waals surface area contributed by atoms with Crippen LogP contribution in [0.25, 0.3) is 0 Å². The fourth-order valence-corrected chi connectivity index (χ4v) is 1.02. The van der Waals surface area contributed by atoms with Crippen LogP contribution in [-0.4, -0.2) is 11.2 Å². The van der Waals surface area contributed by atoms with Crippen molar-refractivity contribution in [3.8, 4) is 0 Å². The van der Waals surface area contributed by atoms with Crippen molar-refractivity contribution >= 4 is 0 Å². The van der Waals surface area contributed by atoms with Crippen molar-refractivity contribution < 1.29 is 5.11 Å². The highest BCUT2D eigenvalue weighted by atomic mass is 16.3. The van der Waals surface area contributed by atoms with Crippen molar-refractivity contribution in [3.05, 3.63) is 0 Å². The molecule has 1 fully saturated rings. The maximum atomic E-state index is 8.86. The molecule has 1 aliphatic carbocycles. The van der Waals surface area contributed by atoms with E-state index in [2.05, 4.69) is 6.92 Å². The summed E-state index contributed by atoms with van der Waals surface area (Å²) in [4.78, 5) is 0. The summed E-state index contributed by atoms with van der Waals surface area (Å²) < 4.78 is 0. The summed E-state index contributed by atoms with van der Waals surface area (Å²) in [6.45, 7) is 4.05. The first kappa shape index (κ1) is 5.10. The van der Waals surface area contributed by atoms with Crippen LogP contribution in [0.2, 0.25) is 0 Å². The molecule has 0 heterocycles. The molecule has 1 saturated carbocycles. The molecule has 3 atom stereocenters. The molecular formula is C6H12O. The Hall–Kier alpha value is -0.0400. The molecule has 1 N–H and O–H groups in total. The zero-order chi connectivity index (χ0) is 5.44. The summed E-state index contributed by atoms with van der Waals surface area (Å²) in [5.41, 5.74) is 0. The summed E-state index contributed by atoms with van der Waals surface area (Å²) in [5, 5.41) is 8.86. The minimum atomic E-state index is -0.0602. The zero-order valence-electron chi connectivity index (χ0n) is 4.89. The lowest BCUT2D eigenvalue weighted by Gasteiger charge is -1.96. The van der Waals surface area contributed by atoms with Gasteiger partial charge in [0.2, 0.25) is 0 Å². The summed E-state index contributed by atoms with van der Waals surface area (Å²) in [6, 6.07) is 0. The third-order valence-corrected chi connectivity index (χ3v) is 1.79. The average molecular weight is 100 g/mol. The Morgan fingerprint density at radius 3 is 2.14 bits per heavy atom. The third kappa shape index (κ3) is 0.942. The molecule has 0 aromatic rings. The van der Waals surface area contributed by atoms with Crippen LogP contribution in [0.3, 0.4) is 0 Å². The van der Waals surface area contributed by atoms with Crippen LogP contribution in [0.4, 0.5) is 0 Å². The molecule has 42 valence electrons. The molecule has 0 bridgehead atoms. The van der Waals surface area contributed by atoms with E-state index in [-0.39, 0.29) is 6.10 Å². The summed E-state index contributed by atoms with van der Waals surface area (Å²) in [6.07, 6.45) is 1.17. The predicted octanol–water partition coefficient (Wildman–Crippen LogP) is 1.02. The topological polar surface area (TPSA) is 20.2 Å². The van der Waals surface area contributed by atoms with Gasteiger partial charge in [-0.15, -0.1) is 0 Å². The molecule has 0 spiro atoms. The van der Waals surface area contributed by atoms with Crippen LogP contribution in [0, 0.1) is 11.8 Å².